The average molecular weight is 672 g/mol. The molecule has 0 radical (unpaired) electrons. The van der Waals surface area contributed by atoms with Crippen molar-refractivity contribution in [2.45, 2.75) is 45.1 Å². The van der Waals surface area contributed by atoms with Crippen LogP contribution in [-0.4, -0.2) is 6.04 Å². The lowest BCUT2D eigenvalue weighted by atomic mass is 9.95. The van der Waals surface area contributed by atoms with Crippen molar-refractivity contribution in [3.8, 4) is 0 Å². The number of benzene rings is 6. The maximum atomic E-state index is 2.61. The number of anilines is 2. The molecule has 1 heterocycles. The Hall–Kier alpha value is -5.92. The zero-order valence-corrected chi connectivity index (χ0v) is 30.1. The summed E-state index contributed by atoms with van der Waals surface area (Å²) in [5.41, 5.74) is 16.5. The number of fused-ring (bicyclic) bond motifs is 3. The Morgan fingerprint density at radius 3 is 1.58 bits per heavy atom. The fraction of sp³-hybridized carbons (Fsp3) is 0.137. The Balaban J connectivity index is 1.03. The molecule has 2 unspecified atom stereocenters. The molecular weight excluding hydrogens is 627 g/mol. The van der Waals surface area contributed by atoms with Crippen molar-refractivity contribution in [1.29, 1.82) is 0 Å². The third kappa shape index (κ3) is 7.13. The summed E-state index contributed by atoms with van der Waals surface area (Å²) in [6.07, 6.45) is 17.1. The predicted octanol–water partition coefficient (Wildman–Crippen LogP) is 13.4. The molecule has 0 N–H and O–H groups in total. The van der Waals surface area contributed by atoms with Gasteiger partial charge in [0.05, 0.1) is 0 Å². The Morgan fingerprint density at radius 2 is 1.02 bits per heavy atom. The SMILES string of the molecule is Cc1ccc(C(=C/C=C/c2ccc3c(c2)C2CCCC2N3c2ccc(/C=C/C=C(c3ccccc3)c3ccccc3)cc2)c2ccc(C)cc2)cc1. The summed E-state index contributed by atoms with van der Waals surface area (Å²) in [7, 11) is 0. The lowest BCUT2D eigenvalue weighted by molar-refractivity contribution is 0.642. The molecule has 0 amide bonds. The van der Waals surface area contributed by atoms with Gasteiger partial charge in [-0.05, 0) is 101 Å². The van der Waals surface area contributed by atoms with Crippen LogP contribution in [0.25, 0.3) is 23.3 Å². The number of rotatable bonds is 9. The van der Waals surface area contributed by atoms with E-state index in [0.29, 0.717) is 12.0 Å². The fourth-order valence-corrected chi connectivity index (χ4v) is 7.99. The van der Waals surface area contributed by atoms with Crippen LogP contribution in [-0.2, 0) is 0 Å². The minimum absolute atomic E-state index is 0.521. The highest BCUT2D eigenvalue weighted by Gasteiger charge is 2.42. The summed E-state index contributed by atoms with van der Waals surface area (Å²) in [6, 6.07) is 55.7. The molecule has 1 aliphatic heterocycles. The van der Waals surface area contributed by atoms with E-state index in [2.05, 4.69) is 207 Å². The molecular formula is C51H45N. The minimum atomic E-state index is 0.521. The highest BCUT2D eigenvalue weighted by molar-refractivity contribution is 5.83. The molecule has 1 aliphatic carbocycles. The van der Waals surface area contributed by atoms with Crippen LogP contribution in [0.3, 0.4) is 0 Å². The van der Waals surface area contributed by atoms with Crippen LogP contribution in [0.2, 0.25) is 0 Å². The van der Waals surface area contributed by atoms with Crippen molar-refractivity contribution in [2.75, 3.05) is 4.90 Å². The van der Waals surface area contributed by atoms with Gasteiger partial charge < -0.3 is 4.90 Å². The quantitative estimate of drug-likeness (QED) is 0.138. The van der Waals surface area contributed by atoms with Gasteiger partial charge in [0.1, 0.15) is 0 Å². The molecule has 2 atom stereocenters. The van der Waals surface area contributed by atoms with Gasteiger partial charge in [-0.15, -0.1) is 0 Å². The summed E-state index contributed by atoms with van der Waals surface area (Å²) in [4.78, 5) is 2.61. The van der Waals surface area contributed by atoms with E-state index in [0.717, 1.165) is 0 Å². The van der Waals surface area contributed by atoms with Crippen LogP contribution in [0.15, 0.2) is 176 Å². The van der Waals surface area contributed by atoms with Gasteiger partial charge in [0.15, 0.2) is 0 Å². The zero-order valence-electron chi connectivity index (χ0n) is 30.1. The molecule has 1 heteroatoms. The molecule has 254 valence electrons. The molecule has 2 aliphatic rings. The van der Waals surface area contributed by atoms with Crippen LogP contribution in [0, 0.1) is 13.8 Å². The van der Waals surface area contributed by atoms with Gasteiger partial charge in [-0.1, -0.05) is 181 Å². The normalized spacial score (nSPS) is 16.2. The molecule has 1 nitrogen and oxygen atoms in total. The molecule has 1 fully saturated rings. The van der Waals surface area contributed by atoms with Crippen molar-refractivity contribution in [3.05, 3.63) is 226 Å². The molecule has 0 aromatic heterocycles. The Bertz CT molecular complexity index is 2160. The molecule has 8 rings (SSSR count). The molecule has 0 bridgehead atoms. The van der Waals surface area contributed by atoms with Crippen molar-refractivity contribution in [1.82, 2.24) is 0 Å². The van der Waals surface area contributed by atoms with E-state index in [9.17, 15) is 0 Å². The highest BCUT2D eigenvalue weighted by Crippen LogP contribution is 2.52. The predicted molar refractivity (Wildman–Crippen MR) is 223 cm³/mol. The van der Waals surface area contributed by atoms with Crippen molar-refractivity contribution >= 4 is 34.7 Å². The van der Waals surface area contributed by atoms with Gasteiger partial charge in [0.2, 0.25) is 0 Å². The molecule has 6 aromatic rings. The second-order valence-electron chi connectivity index (χ2n) is 14.2. The number of nitrogens with zero attached hydrogens (tertiary/aromatic N) is 1. The van der Waals surface area contributed by atoms with Gasteiger partial charge in [0, 0.05) is 23.3 Å². The fourth-order valence-electron chi connectivity index (χ4n) is 7.99. The monoisotopic (exact) mass is 671 g/mol. The Morgan fingerprint density at radius 1 is 0.519 bits per heavy atom. The first kappa shape index (κ1) is 33.2. The largest absolute Gasteiger partial charge is 0.338 e. The van der Waals surface area contributed by atoms with Gasteiger partial charge >= 0.3 is 0 Å². The minimum Gasteiger partial charge on any atom is -0.338 e. The third-order valence-electron chi connectivity index (χ3n) is 10.7. The zero-order chi connectivity index (χ0) is 35.3. The van der Waals surface area contributed by atoms with Crippen LogP contribution in [0.1, 0.15) is 75.3 Å². The van der Waals surface area contributed by atoms with E-state index in [1.807, 2.05) is 0 Å². The maximum Gasteiger partial charge on any atom is 0.0450 e. The summed E-state index contributed by atoms with van der Waals surface area (Å²) < 4.78 is 0. The van der Waals surface area contributed by atoms with E-state index in [1.165, 1.54) is 91.9 Å². The summed E-state index contributed by atoms with van der Waals surface area (Å²) in [5.74, 6) is 0.577. The standard InChI is InChI=1S/C51H45N/c1-37-22-29-43(30-23-37)47(44-31-24-38(2)25-32-44)19-10-13-40-28-35-51-49(36-40)48-20-11-21-50(48)52(51)45-33-26-39(27-34-45)12-9-18-46(41-14-5-3-6-15-41)42-16-7-4-8-17-42/h3-10,12-19,22-36,48,50H,11,20-21H2,1-2H3/b12-9+,13-10+. The van der Waals surface area contributed by atoms with Gasteiger partial charge in [-0.2, -0.15) is 0 Å². The highest BCUT2D eigenvalue weighted by atomic mass is 15.2. The summed E-state index contributed by atoms with van der Waals surface area (Å²) >= 11 is 0. The first-order valence-corrected chi connectivity index (χ1v) is 18.7. The van der Waals surface area contributed by atoms with E-state index >= 15 is 0 Å². The van der Waals surface area contributed by atoms with Crippen LogP contribution in [0.5, 0.6) is 0 Å². The first-order chi connectivity index (χ1) is 25.6. The van der Waals surface area contributed by atoms with Gasteiger partial charge in [-0.3, -0.25) is 0 Å². The number of allylic oxidation sites excluding steroid dienone is 4. The molecule has 0 saturated heterocycles. The van der Waals surface area contributed by atoms with Crippen LogP contribution in [0.4, 0.5) is 11.4 Å². The van der Waals surface area contributed by atoms with Gasteiger partial charge in [-0.25, -0.2) is 0 Å². The van der Waals surface area contributed by atoms with Crippen molar-refractivity contribution in [2.24, 2.45) is 0 Å². The second kappa shape index (κ2) is 15.1. The Kier molecular flexibility index (Phi) is 9.67. The number of hydrogen-bond acceptors (Lipinski definition) is 1. The van der Waals surface area contributed by atoms with Crippen LogP contribution < -0.4 is 4.90 Å². The topological polar surface area (TPSA) is 3.24 Å². The first-order valence-electron chi connectivity index (χ1n) is 18.7. The molecule has 1 saturated carbocycles. The van der Waals surface area contributed by atoms with Crippen LogP contribution >= 0.6 is 0 Å². The lowest BCUT2D eigenvalue weighted by Gasteiger charge is -2.27. The molecule has 6 aromatic carbocycles. The smallest absolute Gasteiger partial charge is 0.0450 e. The summed E-state index contributed by atoms with van der Waals surface area (Å²) in [6.45, 7) is 4.28. The van der Waals surface area contributed by atoms with E-state index in [1.54, 1.807) is 0 Å². The maximum absolute atomic E-state index is 2.61. The van der Waals surface area contributed by atoms with E-state index in [4.69, 9.17) is 0 Å². The van der Waals surface area contributed by atoms with Crippen molar-refractivity contribution < 1.29 is 0 Å². The summed E-state index contributed by atoms with van der Waals surface area (Å²) in [5, 5.41) is 0. The van der Waals surface area contributed by atoms with E-state index < -0.39 is 0 Å². The van der Waals surface area contributed by atoms with Gasteiger partial charge in [0.25, 0.3) is 0 Å². The average Bonchev–Trinajstić information content (AvgIpc) is 3.78. The Labute approximate surface area is 309 Å². The third-order valence-corrected chi connectivity index (χ3v) is 10.7. The molecule has 52 heavy (non-hydrogen) atoms. The number of hydrogen-bond donors (Lipinski definition) is 0. The second-order valence-corrected chi connectivity index (χ2v) is 14.2. The lowest BCUT2D eigenvalue weighted by Crippen LogP contribution is -2.26. The van der Waals surface area contributed by atoms with Crippen molar-refractivity contribution in [3.63, 3.8) is 0 Å². The van der Waals surface area contributed by atoms with E-state index in [-0.39, 0.29) is 0 Å². The molecule has 0 spiro atoms. The number of aryl methyl sites for hydroxylation is 2.